The third-order valence-corrected chi connectivity index (χ3v) is 6.98. The molecule has 0 bridgehead atoms. The number of hydrogen-bond donors (Lipinski definition) is 6. The van der Waals surface area contributed by atoms with Gasteiger partial charge in [0.1, 0.15) is 34.0 Å². The summed E-state index contributed by atoms with van der Waals surface area (Å²) in [4.78, 5) is 47.8. The Morgan fingerprint density at radius 2 is 1.60 bits per heavy atom. The Balaban J connectivity index is 0.000000782. The molecule has 0 aromatic heterocycles. The Morgan fingerprint density at radius 3 is 2.14 bits per heavy atom. The summed E-state index contributed by atoms with van der Waals surface area (Å²) in [6.45, 7) is 9.07. The number of ketones is 3. The van der Waals surface area contributed by atoms with Gasteiger partial charge in [-0.25, -0.2) is 4.79 Å². The molecule has 1 aliphatic heterocycles. The minimum Gasteiger partial charge on any atom is -0.507 e. The molecule has 1 aromatic carbocycles. The normalized spacial score (nSPS) is 18.7. The predicted molar refractivity (Wildman–Crippen MR) is 145 cm³/mol. The van der Waals surface area contributed by atoms with Crippen LogP contribution in [0.2, 0.25) is 0 Å². The number of carboxylic acid groups (broad SMARTS) is 1. The van der Waals surface area contributed by atoms with E-state index in [0.717, 1.165) is 38.8 Å². The number of aliphatic carboxylic acids is 1. The number of phenols is 2. The van der Waals surface area contributed by atoms with Gasteiger partial charge in [-0.15, -0.1) is 0 Å². The highest BCUT2D eigenvalue weighted by atomic mass is 19.4. The molecular weight excluding hydrogens is 563 g/mol. The highest BCUT2D eigenvalue weighted by Gasteiger charge is 2.56. The van der Waals surface area contributed by atoms with Gasteiger partial charge in [0.05, 0.1) is 11.1 Å². The van der Waals surface area contributed by atoms with Crippen LogP contribution in [0.4, 0.5) is 13.2 Å². The fourth-order valence-electron chi connectivity index (χ4n) is 4.63. The van der Waals surface area contributed by atoms with Crippen molar-refractivity contribution in [2.75, 3.05) is 26.2 Å². The molecule has 0 spiro atoms. The van der Waals surface area contributed by atoms with Crippen molar-refractivity contribution in [2.45, 2.75) is 65.0 Å². The second-order valence-electron chi connectivity index (χ2n) is 10.1. The molecule has 1 aromatic rings. The first kappa shape index (κ1) is 34.3. The highest BCUT2D eigenvalue weighted by Crippen LogP contribution is 2.57. The van der Waals surface area contributed by atoms with Crippen LogP contribution in [0.5, 0.6) is 17.2 Å². The van der Waals surface area contributed by atoms with Crippen LogP contribution < -0.4 is 21.1 Å². The lowest BCUT2D eigenvalue weighted by Gasteiger charge is -2.29. The van der Waals surface area contributed by atoms with Crippen LogP contribution in [0.25, 0.3) is 0 Å². The average Bonchev–Trinajstić information content (AvgIpc) is 3.18. The number of phenolic OH excluding ortho intramolecular Hbond substituents is 2. The molecule has 3 rings (SSSR count). The Hall–Kier alpha value is -3.91. The van der Waals surface area contributed by atoms with Crippen LogP contribution in [-0.2, 0) is 19.8 Å². The molecule has 0 saturated carbocycles. The summed E-state index contributed by atoms with van der Waals surface area (Å²) in [7, 11) is 0. The molecule has 0 amide bonds. The number of rotatable bonds is 11. The zero-order valence-corrected chi connectivity index (χ0v) is 23.8. The second-order valence-corrected chi connectivity index (χ2v) is 10.1. The molecule has 232 valence electrons. The van der Waals surface area contributed by atoms with Gasteiger partial charge in [0.25, 0.3) is 0 Å². The van der Waals surface area contributed by atoms with Gasteiger partial charge < -0.3 is 36.4 Å². The molecule has 0 unspecified atom stereocenters. The van der Waals surface area contributed by atoms with E-state index in [1.54, 1.807) is 13.8 Å². The van der Waals surface area contributed by atoms with Crippen LogP contribution in [0.3, 0.4) is 0 Å². The number of ether oxygens (including phenoxy) is 1. The number of carbonyl (C=O) groups excluding carboxylic acids is 3. The average molecular weight is 600 g/mol. The number of nitrogens with one attached hydrogen (secondary N) is 2. The van der Waals surface area contributed by atoms with E-state index in [1.807, 2.05) is 0 Å². The largest absolute Gasteiger partial charge is 0.507 e. The van der Waals surface area contributed by atoms with E-state index >= 15 is 0 Å². The number of halogens is 3. The summed E-state index contributed by atoms with van der Waals surface area (Å²) in [5, 5.41) is 34.9. The molecule has 0 fully saturated rings. The number of unbranched alkanes of at least 4 members (excludes halogenated alkanes) is 2. The summed E-state index contributed by atoms with van der Waals surface area (Å²) in [6.07, 6.45) is -0.0279. The first-order valence-electron chi connectivity index (χ1n) is 13.3. The van der Waals surface area contributed by atoms with Crippen LogP contribution in [-0.4, -0.2) is 71.0 Å². The van der Waals surface area contributed by atoms with E-state index < -0.39 is 40.7 Å². The van der Waals surface area contributed by atoms with Gasteiger partial charge in [0.2, 0.25) is 0 Å². The lowest BCUT2D eigenvalue weighted by atomic mass is 9.70. The number of benzene rings is 1. The van der Waals surface area contributed by atoms with Gasteiger partial charge in [0, 0.05) is 23.9 Å². The zero-order chi connectivity index (χ0) is 32.0. The number of alkyl halides is 3. The number of carboxylic acids is 1. The molecule has 1 atom stereocenters. The zero-order valence-electron chi connectivity index (χ0n) is 23.8. The molecule has 2 aliphatic rings. The molecule has 14 heteroatoms. The number of fused-ring (bicyclic) bond motifs is 3. The molecular formula is C28H36F3N3O8. The van der Waals surface area contributed by atoms with Crippen molar-refractivity contribution >= 4 is 23.3 Å². The van der Waals surface area contributed by atoms with E-state index in [2.05, 4.69) is 10.6 Å². The molecule has 42 heavy (non-hydrogen) atoms. The summed E-state index contributed by atoms with van der Waals surface area (Å²) < 4.78 is 37.5. The monoisotopic (exact) mass is 599 g/mol. The van der Waals surface area contributed by atoms with Crippen molar-refractivity contribution in [3.63, 3.8) is 0 Å². The van der Waals surface area contributed by atoms with Gasteiger partial charge in [-0.05, 0) is 66.6 Å². The number of Topliss-reactive ketones (excluding diaryl/α,β-unsaturated/α-hetero) is 2. The fourth-order valence-corrected chi connectivity index (χ4v) is 4.63. The van der Waals surface area contributed by atoms with Gasteiger partial charge in [0.15, 0.2) is 17.3 Å². The van der Waals surface area contributed by atoms with E-state index in [1.165, 1.54) is 19.9 Å². The summed E-state index contributed by atoms with van der Waals surface area (Å²) in [6, 6.07) is 0. The van der Waals surface area contributed by atoms with Crippen LogP contribution in [0, 0.1) is 6.92 Å². The van der Waals surface area contributed by atoms with E-state index in [4.69, 9.17) is 20.4 Å². The summed E-state index contributed by atoms with van der Waals surface area (Å²) in [5.74, 6) is -5.06. The van der Waals surface area contributed by atoms with E-state index in [9.17, 15) is 37.8 Å². The lowest BCUT2D eigenvalue weighted by Crippen LogP contribution is -2.41. The molecule has 1 heterocycles. The minimum absolute atomic E-state index is 0.00865. The van der Waals surface area contributed by atoms with Gasteiger partial charge in [-0.2, -0.15) is 13.2 Å². The highest BCUT2D eigenvalue weighted by molar-refractivity contribution is 6.31. The Kier molecular flexibility index (Phi) is 11.3. The minimum atomic E-state index is -5.08. The third kappa shape index (κ3) is 7.10. The van der Waals surface area contributed by atoms with Crippen molar-refractivity contribution < 1.29 is 52.4 Å². The second kappa shape index (κ2) is 13.8. The first-order valence-corrected chi connectivity index (χ1v) is 13.3. The quantitative estimate of drug-likeness (QED) is 0.0950. The van der Waals surface area contributed by atoms with Gasteiger partial charge in [-0.3, -0.25) is 14.4 Å². The van der Waals surface area contributed by atoms with Crippen molar-refractivity contribution in [2.24, 2.45) is 5.73 Å². The maximum absolute atomic E-state index is 13.7. The van der Waals surface area contributed by atoms with Crippen molar-refractivity contribution in [3.05, 3.63) is 39.8 Å². The molecule has 1 aliphatic carbocycles. The Labute approximate surface area is 240 Å². The maximum atomic E-state index is 13.7. The Bertz CT molecular complexity index is 1320. The van der Waals surface area contributed by atoms with Crippen LogP contribution in [0.15, 0.2) is 23.1 Å². The van der Waals surface area contributed by atoms with Gasteiger partial charge >= 0.3 is 12.1 Å². The standard InChI is InChI=1S/C26H35N3O6.C2HF3O2/c1-14-22(32)20(16(3)30)24-21(23(14)33)26(4)18(35-24)13-17(31)19(25(26)34)15(2)29-12-7-5-6-10-28-11-8-9-27;3-2(4,5)1(6)7/h13,28-29,32-33H,5-12,27H2,1-4H3;(H,6,7)/b19-15+;/t26-;/m0./s1. The number of hydrogen-bond acceptors (Lipinski definition) is 10. The topological polar surface area (TPSA) is 188 Å². The smallest absolute Gasteiger partial charge is 0.490 e. The van der Waals surface area contributed by atoms with E-state index in [0.29, 0.717) is 18.8 Å². The summed E-state index contributed by atoms with van der Waals surface area (Å²) in [5.41, 5.74) is 4.46. The van der Waals surface area contributed by atoms with Crippen LogP contribution >= 0.6 is 0 Å². The fraction of sp³-hybridized carbons (Fsp3) is 0.500. The maximum Gasteiger partial charge on any atom is 0.490 e. The third-order valence-electron chi connectivity index (χ3n) is 6.98. The number of nitrogens with two attached hydrogens (primary N) is 1. The SMILES string of the molecule is CC(=O)c1c(O)c(C)c(O)c2c1OC1=CC(=O)/C(=C(/C)NCCCCCNCCCN)C(=O)[C@@]12C.O=C(O)C(F)(F)F. The van der Waals surface area contributed by atoms with Crippen molar-refractivity contribution in [3.8, 4) is 17.2 Å². The van der Waals surface area contributed by atoms with E-state index in [-0.39, 0.29) is 39.5 Å². The number of allylic oxidation sites excluding steroid dienone is 4. The van der Waals surface area contributed by atoms with Crippen molar-refractivity contribution in [1.29, 1.82) is 0 Å². The summed E-state index contributed by atoms with van der Waals surface area (Å²) >= 11 is 0. The molecule has 7 N–H and O–H groups in total. The number of aromatic hydroxyl groups is 2. The predicted octanol–water partition coefficient (Wildman–Crippen LogP) is 2.90. The van der Waals surface area contributed by atoms with Gasteiger partial charge in [-0.1, -0.05) is 6.42 Å². The molecule has 0 saturated heterocycles. The molecule has 0 radical (unpaired) electrons. The lowest BCUT2D eigenvalue weighted by molar-refractivity contribution is -0.192. The number of carbonyl (C=O) groups is 4. The molecule has 11 nitrogen and oxygen atoms in total. The van der Waals surface area contributed by atoms with Crippen LogP contribution in [0.1, 0.15) is 67.9 Å². The first-order chi connectivity index (χ1) is 19.5. The Morgan fingerprint density at radius 1 is 1.02 bits per heavy atom. The van der Waals surface area contributed by atoms with Crippen molar-refractivity contribution in [1.82, 2.24) is 10.6 Å².